The summed E-state index contributed by atoms with van der Waals surface area (Å²) in [5.41, 5.74) is 1.20. The van der Waals surface area contributed by atoms with Gasteiger partial charge in [-0.2, -0.15) is 0 Å². The van der Waals surface area contributed by atoms with Crippen LogP contribution in [0, 0.1) is 0 Å². The summed E-state index contributed by atoms with van der Waals surface area (Å²) in [5, 5.41) is 2.84. The van der Waals surface area contributed by atoms with Crippen LogP contribution >= 0.6 is 0 Å². The lowest BCUT2D eigenvalue weighted by Gasteiger charge is -2.12. The molecular formula is C13H15N5O. The Morgan fingerprint density at radius 1 is 1.32 bits per heavy atom. The molecule has 0 aliphatic carbocycles. The van der Waals surface area contributed by atoms with Crippen LogP contribution in [0.3, 0.4) is 0 Å². The van der Waals surface area contributed by atoms with Gasteiger partial charge in [-0.3, -0.25) is 4.79 Å². The van der Waals surface area contributed by atoms with E-state index in [2.05, 4.69) is 25.3 Å². The second-order valence-electron chi connectivity index (χ2n) is 4.07. The summed E-state index contributed by atoms with van der Waals surface area (Å²) in [7, 11) is 0. The third-order valence-electron chi connectivity index (χ3n) is 2.68. The van der Waals surface area contributed by atoms with Crippen molar-refractivity contribution in [2.75, 3.05) is 0 Å². The first-order valence-electron chi connectivity index (χ1n) is 6.08. The maximum absolute atomic E-state index is 12.0. The molecule has 98 valence electrons. The minimum absolute atomic E-state index is 0.193. The van der Waals surface area contributed by atoms with Crippen LogP contribution in [-0.4, -0.2) is 25.8 Å². The minimum Gasteiger partial charge on any atom is -0.344 e. The number of hydrogen-bond donors (Lipinski definition) is 1. The number of nitrogens with one attached hydrogen (secondary N) is 1. The molecule has 6 nitrogen and oxygen atoms in total. The highest BCUT2D eigenvalue weighted by Crippen LogP contribution is 2.08. The minimum atomic E-state index is -0.214. The third kappa shape index (κ3) is 3.31. The lowest BCUT2D eigenvalue weighted by Crippen LogP contribution is -2.27. The maximum atomic E-state index is 12.0. The number of aromatic nitrogens is 4. The van der Waals surface area contributed by atoms with Crippen LogP contribution in [0.25, 0.3) is 0 Å². The molecule has 1 amide bonds. The van der Waals surface area contributed by atoms with Gasteiger partial charge in [0.25, 0.3) is 5.91 Å². The Bertz CT molecular complexity index is 541. The van der Waals surface area contributed by atoms with Gasteiger partial charge in [-0.15, -0.1) is 0 Å². The molecule has 0 spiro atoms. The lowest BCUT2D eigenvalue weighted by atomic mass is 10.2. The van der Waals surface area contributed by atoms with Gasteiger partial charge < -0.3 is 5.32 Å². The zero-order valence-corrected chi connectivity index (χ0v) is 10.9. The van der Waals surface area contributed by atoms with Crippen LogP contribution in [0.2, 0.25) is 0 Å². The van der Waals surface area contributed by atoms with Gasteiger partial charge in [-0.1, -0.05) is 6.92 Å². The summed E-state index contributed by atoms with van der Waals surface area (Å²) in [6, 6.07) is 1.57. The number of hydrogen-bond acceptors (Lipinski definition) is 5. The topological polar surface area (TPSA) is 80.7 Å². The van der Waals surface area contributed by atoms with E-state index in [4.69, 9.17) is 0 Å². The highest BCUT2D eigenvalue weighted by Gasteiger charge is 2.12. The zero-order valence-electron chi connectivity index (χ0n) is 10.9. The monoisotopic (exact) mass is 257 g/mol. The molecule has 0 aliphatic heterocycles. The van der Waals surface area contributed by atoms with E-state index < -0.39 is 0 Å². The summed E-state index contributed by atoms with van der Waals surface area (Å²) in [5.74, 6) is 0.508. The fraction of sp³-hybridized carbons (Fsp3) is 0.308. The molecule has 0 saturated heterocycles. The largest absolute Gasteiger partial charge is 0.344 e. The normalized spacial score (nSPS) is 11.9. The van der Waals surface area contributed by atoms with Crippen LogP contribution in [0.15, 0.2) is 31.0 Å². The van der Waals surface area contributed by atoms with Crippen molar-refractivity contribution >= 4 is 5.91 Å². The van der Waals surface area contributed by atoms with E-state index in [9.17, 15) is 4.79 Å². The Balaban J connectivity index is 2.04. The molecule has 2 aromatic heterocycles. The van der Waals surface area contributed by atoms with E-state index in [0.717, 1.165) is 17.9 Å². The maximum Gasteiger partial charge on any atom is 0.254 e. The van der Waals surface area contributed by atoms with Crippen LogP contribution in [-0.2, 0) is 6.42 Å². The van der Waals surface area contributed by atoms with Crippen LogP contribution in [0.1, 0.15) is 41.8 Å². The second kappa shape index (κ2) is 5.99. The Morgan fingerprint density at radius 3 is 2.63 bits per heavy atom. The number of nitrogens with zero attached hydrogens (tertiary/aromatic N) is 4. The third-order valence-corrected chi connectivity index (χ3v) is 2.68. The fourth-order valence-corrected chi connectivity index (χ4v) is 1.57. The first-order valence-corrected chi connectivity index (χ1v) is 6.08. The van der Waals surface area contributed by atoms with Crippen molar-refractivity contribution in [3.05, 3.63) is 48.1 Å². The lowest BCUT2D eigenvalue weighted by molar-refractivity contribution is 0.0938. The van der Waals surface area contributed by atoms with Crippen molar-refractivity contribution in [3.8, 4) is 0 Å². The molecule has 19 heavy (non-hydrogen) atoms. The molecular weight excluding hydrogens is 242 g/mol. The molecule has 2 aromatic rings. The molecule has 2 rings (SSSR count). The van der Waals surface area contributed by atoms with Crippen molar-refractivity contribution in [2.45, 2.75) is 26.3 Å². The second-order valence-corrected chi connectivity index (χ2v) is 4.07. The molecule has 0 aromatic carbocycles. The fourth-order valence-electron chi connectivity index (χ4n) is 1.57. The Labute approximate surface area is 111 Å². The zero-order chi connectivity index (χ0) is 13.7. The van der Waals surface area contributed by atoms with Gasteiger partial charge >= 0.3 is 0 Å². The Hall–Kier alpha value is -2.37. The van der Waals surface area contributed by atoms with E-state index >= 15 is 0 Å². The number of aryl methyl sites for hydroxylation is 1. The number of rotatable bonds is 4. The van der Waals surface area contributed by atoms with Crippen LogP contribution in [0.4, 0.5) is 0 Å². The summed E-state index contributed by atoms with van der Waals surface area (Å²) >= 11 is 0. The van der Waals surface area contributed by atoms with Gasteiger partial charge in [0, 0.05) is 25.0 Å². The van der Waals surface area contributed by atoms with Crippen molar-refractivity contribution in [1.82, 2.24) is 25.3 Å². The van der Waals surface area contributed by atoms with Crippen molar-refractivity contribution in [3.63, 3.8) is 0 Å². The molecule has 1 N–H and O–H groups in total. The standard InChI is InChI=1S/C13H15N5O/c1-3-12-15-6-10(7-16-12)13(19)18-9(2)11-4-5-14-8-17-11/h4-9H,3H2,1-2H3,(H,18,19). The number of carbonyl (C=O) groups excluding carboxylic acids is 1. The van der Waals surface area contributed by atoms with Crippen LogP contribution < -0.4 is 5.32 Å². The van der Waals surface area contributed by atoms with Crippen molar-refractivity contribution < 1.29 is 4.79 Å². The summed E-state index contributed by atoms with van der Waals surface area (Å²) < 4.78 is 0. The highest BCUT2D eigenvalue weighted by atomic mass is 16.1. The summed E-state index contributed by atoms with van der Waals surface area (Å²) in [6.45, 7) is 3.83. The van der Waals surface area contributed by atoms with Gasteiger partial charge in [-0.25, -0.2) is 19.9 Å². The predicted molar refractivity (Wildman–Crippen MR) is 69.3 cm³/mol. The van der Waals surface area contributed by atoms with Gasteiger partial charge in [0.1, 0.15) is 12.2 Å². The quantitative estimate of drug-likeness (QED) is 0.893. The average Bonchev–Trinajstić information content (AvgIpc) is 2.48. The molecule has 0 bridgehead atoms. The summed E-state index contributed by atoms with van der Waals surface area (Å²) in [6.07, 6.45) is 6.92. The molecule has 0 saturated carbocycles. The SMILES string of the molecule is CCc1ncc(C(=O)NC(C)c2ccncn2)cn1. The van der Waals surface area contributed by atoms with E-state index in [1.54, 1.807) is 12.3 Å². The average molecular weight is 257 g/mol. The first-order chi connectivity index (χ1) is 9.20. The van der Waals surface area contributed by atoms with Crippen molar-refractivity contribution in [2.24, 2.45) is 0 Å². The number of carbonyl (C=O) groups is 1. The summed E-state index contributed by atoms with van der Waals surface area (Å²) in [4.78, 5) is 28.1. The van der Waals surface area contributed by atoms with E-state index in [1.165, 1.54) is 18.7 Å². The Kier molecular flexibility index (Phi) is 4.12. The smallest absolute Gasteiger partial charge is 0.254 e. The van der Waals surface area contributed by atoms with Crippen LogP contribution in [0.5, 0.6) is 0 Å². The molecule has 0 fully saturated rings. The van der Waals surface area contributed by atoms with E-state index in [1.807, 2.05) is 13.8 Å². The van der Waals surface area contributed by atoms with Gasteiger partial charge in [0.05, 0.1) is 17.3 Å². The van der Waals surface area contributed by atoms with E-state index in [0.29, 0.717) is 5.56 Å². The van der Waals surface area contributed by atoms with E-state index in [-0.39, 0.29) is 11.9 Å². The molecule has 2 heterocycles. The van der Waals surface area contributed by atoms with Gasteiger partial charge in [0.15, 0.2) is 0 Å². The molecule has 1 unspecified atom stereocenters. The van der Waals surface area contributed by atoms with Crippen molar-refractivity contribution in [1.29, 1.82) is 0 Å². The molecule has 6 heteroatoms. The Morgan fingerprint density at radius 2 is 2.05 bits per heavy atom. The molecule has 0 radical (unpaired) electrons. The van der Waals surface area contributed by atoms with Gasteiger partial charge in [-0.05, 0) is 13.0 Å². The predicted octanol–water partition coefficient (Wildman–Crippen LogP) is 1.32. The first kappa shape index (κ1) is 13.1. The molecule has 1 atom stereocenters. The van der Waals surface area contributed by atoms with Gasteiger partial charge in [0.2, 0.25) is 0 Å². The number of amides is 1. The molecule has 0 aliphatic rings. The highest BCUT2D eigenvalue weighted by molar-refractivity contribution is 5.93.